The number of rotatable bonds is 3. The highest BCUT2D eigenvalue weighted by Gasteiger charge is 2.42. The van der Waals surface area contributed by atoms with E-state index in [1.165, 1.54) is 0 Å². The van der Waals surface area contributed by atoms with E-state index in [-0.39, 0.29) is 6.42 Å². The first-order valence-electron chi connectivity index (χ1n) is 3.32. The Hall–Kier alpha value is -0.290. The molecule has 68 valence electrons. The molecule has 0 heterocycles. The zero-order valence-electron chi connectivity index (χ0n) is 6.10. The summed E-state index contributed by atoms with van der Waals surface area (Å²) in [5, 5.41) is 17.1. The lowest BCUT2D eigenvalue weighted by atomic mass is 10.1. The fourth-order valence-corrected chi connectivity index (χ4v) is 0.672. The average molecular weight is 172 g/mol. The molecule has 0 amide bonds. The van der Waals surface area contributed by atoms with E-state index in [4.69, 9.17) is 10.2 Å². The molecular weight excluding hydrogens is 161 g/mol. The Morgan fingerprint density at radius 3 is 2.00 bits per heavy atom. The lowest BCUT2D eigenvalue weighted by molar-refractivity contribution is -0.230. The molecule has 0 fully saturated rings. The first-order chi connectivity index (χ1) is 4.89. The van der Waals surface area contributed by atoms with Gasteiger partial charge in [-0.25, -0.2) is 0 Å². The minimum Gasteiger partial charge on any atom is -0.390 e. The number of aliphatic hydroxyl groups is 2. The zero-order chi connectivity index (χ0) is 9.07. The van der Waals surface area contributed by atoms with Crippen molar-refractivity contribution in [2.24, 2.45) is 0 Å². The van der Waals surface area contributed by atoms with E-state index in [1.807, 2.05) is 0 Å². The quantitative estimate of drug-likeness (QED) is 0.668. The first kappa shape index (κ1) is 10.7. The molecule has 2 nitrogen and oxygen atoms in total. The van der Waals surface area contributed by atoms with Crippen LogP contribution in [0.1, 0.15) is 19.8 Å². The van der Waals surface area contributed by atoms with Crippen molar-refractivity contribution in [1.29, 1.82) is 0 Å². The lowest BCUT2D eigenvalue weighted by Crippen LogP contribution is -2.39. The molecule has 0 saturated heterocycles. The van der Waals surface area contributed by atoms with Crippen molar-refractivity contribution < 1.29 is 23.4 Å². The summed E-state index contributed by atoms with van der Waals surface area (Å²) in [5.41, 5.74) is 0. The van der Waals surface area contributed by atoms with Gasteiger partial charge in [0.25, 0.3) is 0 Å². The van der Waals surface area contributed by atoms with Crippen molar-refractivity contribution >= 4 is 0 Å². The van der Waals surface area contributed by atoms with E-state index in [2.05, 4.69) is 0 Å². The van der Waals surface area contributed by atoms with Crippen molar-refractivity contribution in [3.8, 4) is 0 Å². The second kappa shape index (κ2) is 3.92. The van der Waals surface area contributed by atoms with Crippen LogP contribution < -0.4 is 0 Å². The second-order valence-electron chi connectivity index (χ2n) is 2.34. The van der Waals surface area contributed by atoms with Gasteiger partial charge in [-0.1, -0.05) is 13.3 Å². The highest BCUT2D eigenvalue weighted by molar-refractivity contribution is 4.73. The molecule has 0 rings (SSSR count). The smallest absolute Gasteiger partial charge is 0.390 e. The van der Waals surface area contributed by atoms with Crippen LogP contribution in [0.2, 0.25) is 0 Å². The molecule has 5 heteroatoms. The van der Waals surface area contributed by atoms with Gasteiger partial charge in [0.2, 0.25) is 0 Å². The van der Waals surface area contributed by atoms with Gasteiger partial charge >= 0.3 is 6.18 Å². The topological polar surface area (TPSA) is 40.5 Å². The van der Waals surface area contributed by atoms with Crippen LogP contribution in [0, 0.1) is 0 Å². The van der Waals surface area contributed by atoms with Crippen LogP contribution in [-0.2, 0) is 0 Å². The Kier molecular flexibility index (Phi) is 3.82. The highest BCUT2D eigenvalue weighted by atomic mass is 19.4. The van der Waals surface area contributed by atoms with E-state index in [1.54, 1.807) is 6.92 Å². The summed E-state index contributed by atoms with van der Waals surface area (Å²) >= 11 is 0. The molecule has 0 aliphatic heterocycles. The SMILES string of the molecule is CCCC(O)C(O)C(F)(F)F. The second-order valence-corrected chi connectivity index (χ2v) is 2.34. The van der Waals surface area contributed by atoms with Crippen LogP contribution >= 0.6 is 0 Å². The summed E-state index contributed by atoms with van der Waals surface area (Å²) in [5.74, 6) is 0. The normalized spacial score (nSPS) is 18.0. The molecule has 0 aliphatic carbocycles. The minimum absolute atomic E-state index is 0.0410. The molecule has 0 spiro atoms. The number of halogens is 3. The molecule has 11 heavy (non-hydrogen) atoms. The van der Waals surface area contributed by atoms with E-state index in [0.29, 0.717) is 6.42 Å². The van der Waals surface area contributed by atoms with Gasteiger partial charge in [-0.2, -0.15) is 13.2 Å². The lowest BCUT2D eigenvalue weighted by Gasteiger charge is -2.19. The summed E-state index contributed by atoms with van der Waals surface area (Å²) in [4.78, 5) is 0. The van der Waals surface area contributed by atoms with Crippen LogP contribution in [0.4, 0.5) is 13.2 Å². The van der Waals surface area contributed by atoms with Gasteiger partial charge in [-0.05, 0) is 6.42 Å². The molecule has 0 aromatic heterocycles. The van der Waals surface area contributed by atoms with Gasteiger partial charge in [0, 0.05) is 0 Å². The third-order valence-electron chi connectivity index (χ3n) is 1.28. The molecule has 0 aromatic rings. The fraction of sp³-hybridized carbons (Fsp3) is 1.00. The highest BCUT2D eigenvalue weighted by Crippen LogP contribution is 2.23. The van der Waals surface area contributed by atoms with E-state index in [0.717, 1.165) is 0 Å². The van der Waals surface area contributed by atoms with Crippen molar-refractivity contribution in [1.82, 2.24) is 0 Å². The molecule has 2 unspecified atom stereocenters. The maximum atomic E-state index is 11.6. The standard InChI is InChI=1S/C6H11F3O2/c1-2-3-4(10)5(11)6(7,8)9/h4-5,10-11H,2-3H2,1H3. The minimum atomic E-state index is -4.71. The number of hydrogen-bond donors (Lipinski definition) is 2. The van der Waals surface area contributed by atoms with Crippen molar-refractivity contribution in [2.45, 2.75) is 38.1 Å². The van der Waals surface area contributed by atoms with Gasteiger partial charge < -0.3 is 10.2 Å². The molecule has 0 bridgehead atoms. The van der Waals surface area contributed by atoms with Gasteiger partial charge in [0.05, 0.1) is 6.10 Å². The molecular formula is C6H11F3O2. The Morgan fingerprint density at radius 1 is 1.27 bits per heavy atom. The zero-order valence-corrected chi connectivity index (χ0v) is 6.10. The maximum Gasteiger partial charge on any atom is 0.416 e. The Bertz CT molecular complexity index is 113. The largest absolute Gasteiger partial charge is 0.416 e. The molecule has 2 atom stereocenters. The Morgan fingerprint density at radius 2 is 1.73 bits per heavy atom. The van der Waals surface area contributed by atoms with Gasteiger partial charge in [-0.15, -0.1) is 0 Å². The molecule has 0 aromatic carbocycles. The van der Waals surface area contributed by atoms with Crippen molar-refractivity contribution in [3.05, 3.63) is 0 Å². The van der Waals surface area contributed by atoms with Crippen LogP contribution in [0.3, 0.4) is 0 Å². The van der Waals surface area contributed by atoms with Crippen LogP contribution in [0.5, 0.6) is 0 Å². The summed E-state index contributed by atoms with van der Waals surface area (Å²) < 4.78 is 34.8. The summed E-state index contributed by atoms with van der Waals surface area (Å²) in [7, 11) is 0. The van der Waals surface area contributed by atoms with Crippen molar-refractivity contribution in [3.63, 3.8) is 0 Å². The predicted octanol–water partition coefficient (Wildman–Crippen LogP) is 1.07. The Balaban J connectivity index is 3.91. The summed E-state index contributed by atoms with van der Waals surface area (Å²) in [6.07, 6.45) is -8.65. The fourth-order valence-electron chi connectivity index (χ4n) is 0.672. The van der Waals surface area contributed by atoms with Crippen LogP contribution in [-0.4, -0.2) is 28.6 Å². The molecule has 0 saturated carbocycles. The number of aliphatic hydroxyl groups excluding tert-OH is 2. The third kappa shape index (κ3) is 3.57. The van der Waals surface area contributed by atoms with Crippen LogP contribution in [0.15, 0.2) is 0 Å². The molecule has 0 radical (unpaired) electrons. The van der Waals surface area contributed by atoms with E-state index >= 15 is 0 Å². The van der Waals surface area contributed by atoms with Crippen molar-refractivity contribution in [2.75, 3.05) is 0 Å². The maximum absolute atomic E-state index is 11.6. The number of hydrogen-bond acceptors (Lipinski definition) is 2. The van der Waals surface area contributed by atoms with Gasteiger partial charge in [-0.3, -0.25) is 0 Å². The average Bonchev–Trinajstić information content (AvgIpc) is 1.85. The number of alkyl halides is 3. The van der Waals surface area contributed by atoms with E-state index in [9.17, 15) is 13.2 Å². The van der Waals surface area contributed by atoms with Gasteiger partial charge in [0.15, 0.2) is 6.10 Å². The van der Waals surface area contributed by atoms with Gasteiger partial charge in [0.1, 0.15) is 0 Å². The first-order valence-corrected chi connectivity index (χ1v) is 3.32. The monoisotopic (exact) mass is 172 g/mol. The van der Waals surface area contributed by atoms with E-state index < -0.39 is 18.4 Å². The summed E-state index contributed by atoms with van der Waals surface area (Å²) in [6, 6.07) is 0. The van der Waals surface area contributed by atoms with Crippen LogP contribution in [0.25, 0.3) is 0 Å². The third-order valence-corrected chi connectivity index (χ3v) is 1.28. The predicted molar refractivity (Wildman–Crippen MR) is 33.0 cm³/mol. The Labute approximate surface area is 62.6 Å². The molecule has 2 N–H and O–H groups in total. The molecule has 0 aliphatic rings. The summed E-state index contributed by atoms with van der Waals surface area (Å²) in [6.45, 7) is 1.63.